The summed E-state index contributed by atoms with van der Waals surface area (Å²) < 4.78 is 5.67. The molecule has 7 nitrogen and oxygen atoms in total. The Morgan fingerprint density at radius 1 is 1.45 bits per heavy atom. The van der Waals surface area contributed by atoms with Crippen LogP contribution < -0.4 is 4.74 Å². The maximum atomic E-state index is 10.9. The predicted octanol–water partition coefficient (Wildman–Crippen LogP) is 2.68. The Hall–Kier alpha value is -2.15. The Labute approximate surface area is 129 Å². The number of carboxylic acids is 1. The first kappa shape index (κ1) is 17.9. The van der Waals surface area contributed by atoms with Crippen LogP contribution in [0.1, 0.15) is 32.8 Å². The number of rotatable bonds is 9. The second-order valence-corrected chi connectivity index (χ2v) is 5.32. The minimum absolute atomic E-state index is 0.0297. The fraction of sp³-hybridized carbons (Fsp3) is 0.533. The molecule has 0 heterocycles. The van der Waals surface area contributed by atoms with E-state index >= 15 is 0 Å². The molecule has 122 valence electrons. The molecule has 7 heteroatoms. The molecule has 1 rings (SSSR count). The first-order valence-electron chi connectivity index (χ1n) is 7.21. The number of aliphatic carboxylic acids is 1. The molecule has 1 aromatic carbocycles. The number of nitrogens with zero attached hydrogens (tertiary/aromatic N) is 2. The number of non-ortho nitro benzene ring substituents is 1. The molecule has 1 aromatic rings. The van der Waals surface area contributed by atoms with E-state index in [1.54, 1.807) is 11.0 Å². The molecule has 22 heavy (non-hydrogen) atoms. The third-order valence-electron chi connectivity index (χ3n) is 2.91. The summed E-state index contributed by atoms with van der Waals surface area (Å²) in [6.07, 6.45) is 0.724. The largest absolute Gasteiger partial charge is 0.491 e. The molecule has 0 aromatic heterocycles. The molecule has 0 spiro atoms. The van der Waals surface area contributed by atoms with Gasteiger partial charge in [0.2, 0.25) is 0 Å². The van der Waals surface area contributed by atoms with Gasteiger partial charge in [-0.15, -0.1) is 0 Å². The van der Waals surface area contributed by atoms with Gasteiger partial charge in [-0.2, -0.15) is 0 Å². The molecule has 1 N–H and O–H groups in total. The van der Waals surface area contributed by atoms with Crippen molar-refractivity contribution >= 4 is 11.7 Å². The number of benzene rings is 1. The quantitative estimate of drug-likeness (QED) is 0.557. The summed E-state index contributed by atoms with van der Waals surface area (Å²) in [7, 11) is 0. The number of hydrogen-bond acceptors (Lipinski definition) is 5. The van der Waals surface area contributed by atoms with Gasteiger partial charge in [0.15, 0.2) is 0 Å². The number of carboxylic acid groups (broad SMARTS) is 1. The Balaban J connectivity index is 3.07. The minimum Gasteiger partial charge on any atom is -0.491 e. The van der Waals surface area contributed by atoms with Gasteiger partial charge in [0.25, 0.3) is 5.69 Å². The van der Waals surface area contributed by atoms with Crippen molar-refractivity contribution in [3.63, 3.8) is 0 Å². The van der Waals surface area contributed by atoms with Crippen LogP contribution >= 0.6 is 0 Å². The van der Waals surface area contributed by atoms with E-state index < -0.39 is 10.9 Å². The number of hydrogen-bond donors (Lipinski definition) is 1. The highest BCUT2D eigenvalue weighted by molar-refractivity contribution is 5.69. The fourth-order valence-corrected chi connectivity index (χ4v) is 2.13. The van der Waals surface area contributed by atoms with Crippen molar-refractivity contribution < 1.29 is 19.6 Å². The fourth-order valence-electron chi connectivity index (χ4n) is 2.13. The molecule has 0 unspecified atom stereocenters. The van der Waals surface area contributed by atoms with Crippen molar-refractivity contribution in [1.82, 2.24) is 4.90 Å². The summed E-state index contributed by atoms with van der Waals surface area (Å²) in [6, 6.07) is 4.41. The summed E-state index contributed by atoms with van der Waals surface area (Å²) in [6.45, 7) is 6.46. The van der Waals surface area contributed by atoms with Crippen molar-refractivity contribution in [2.24, 2.45) is 0 Å². The van der Waals surface area contributed by atoms with Gasteiger partial charge < -0.3 is 9.84 Å². The standard InChI is InChI=1S/C15H22N2O5/c1-4-7-16(10-15(18)19)9-12-8-13(17(20)21)5-6-14(12)22-11(2)3/h5-6,8,11H,4,7,9-10H2,1-3H3,(H,18,19). The molecule has 0 atom stereocenters. The third kappa shape index (κ3) is 5.69. The number of carbonyl (C=O) groups is 1. The Kier molecular flexibility index (Phi) is 6.78. The zero-order valence-corrected chi connectivity index (χ0v) is 13.1. The van der Waals surface area contributed by atoms with E-state index in [0.29, 0.717) is 24.4 Å². The van der Waals surface area contributed by atoms with Crippen molar-refractivity contribution in [3.8, 4) is 5.75 Å². The summed E-state index contributed by atoms with van der Waals surface area (Å²) in [5.74, 6) is -0.377. The van der Waals surface area contributed by atoms with Crippen LogP contribution in [-0.2, 0) is 11.3 Å². The van der Waals surface area contributed by atoms with E-state index in [-0.39, 0.29) is 18.3 Å². The van der Waals surface area contributed by atoms with Crippen LogP contribution in [-0.4, -0.2) is 40.1 Å². The lowest BCUT2D eigenvalue weighted by Gasteiger charge is -2.22. The molecule has 0 radical (unpaired) electrons. The average molecular weight is 310 g/mol. The van der Waals surface area contributed by atoms with Crippen molar-refractivity contribution in [3.05, 3.63) is 33.9 Å². The lowest BCUT2D eigenvalue weighted by molar-refractivity contribution is -0.385. The van der Waals surface area contributed by atoms with Gasteiger partial charge in [0, 0.05) is 24.2 Å². The van der Waals surface area contributed by atoms with Crippen LogP contribution in [0, 0.1) is 10.1 Å². The van der Waals surface area contributed by atoms with Gasteiger partial charge in [-0.05, 0) is 32.9 Å². The van der Waals surface area contributed by atoms with Crippen molar-refractivity contribution in [2.45, 2.75) is 39.8 Å². The molecule has 0 aliphatic carbocycles. The highest BCUT2D eigenvalue weighted by Crippen LogP contribution is 2.26. The zero-order chi connectivity index (χ0) is 16.7. The minimum atomic E-state index is -0.926. The number of nitro groups is 1. The topological polar surface area (TPSA) is 92.9 Å². The van der Waals surface area contributed by atoms with Gasteiger partial charge in [-0.25, -0.2) is 0 Å². The smallest absolute Gasteiger partial charge is 0.317 e. The SMILES string of the molecule is CCCN(CC(=O)O)Cc1cc([N+](=O)[O-])ccc1OC(C)C. The monoisotopic (exact) mass is 310 g/mol. The van der Waals surface area contributed by atoms with Crippen molar-refractivity contribution in [1.29, 1.82) is 0 Å². The Bertz CT molecular complexity index is 531. The van der Waals surface area contributed by atoms with Gasteiger partial charge in [0.1, 0.15) is 5.75 Å². The van der Waals surface area contributed by atoms with Crippen LogP contribution in [0.3, 0.4) is 0 Å². The molecule has 0 aliphatic rings. The van der Waals surface area contributed by atoms with Gasteiger partial charge in [-0.3, -0.25) is 19.8 Å². The lowest BCUT2D eigenvalue weighted by atomic mass is 10.1. The summed E-state index contributed by atoms with van der Waals surface area (Å²) in [5.41, 5.74) is 0.593. The Morgan fingerprint density at radius 3 is 2.64 bits per heavy atom. The summed E-state index contributed by atoms with van der Waals surface area (Å²) in [4.78, 5) is 23.1. The highest BCUT2D eigenvalue weighted by atomic mass is 16.6. The van der Waals surface area contributed by atoms with E-state index in [0.717, 1.165) is 6.42 Å². The molecule has 0 aliphatic heterocycles. The maximum absolute atomic E-state index is 10.9. The molecular weight excluding hydrogens is 288 g/mol. The zero-order valence-electron chi connectivity index (χ0n) is 13.1. The summed E-state index contributed by atoms with van der Waals surface area (Å²) in [5, 5.41) is 19.9. The van der Waals surface area contributed by atoms with Crippen LogP contribution in [0.15, 0.2) is 18.2 Å². The van der Waals surface area contributed by atoms with E-state index in [1.165, 1.54) is 12.1 Å². The second-order valence-electron chi connectivity index (χ2n) is 5.32. The normalized spacial score (nSPS) is 11.0. The second kappa shape index (κ2) is 8.33. The van der Waals surface area contributed by atoms with E-state index in [1.807, 2.05) is 20.8 Å². The first-order chi connectivity index (χ1) is 10.3. The third-order valence-corrected chi connectivity index (χ3v) is 2.91. The summed E-state index contributed by atoms with van der Waals surface area (Å²) >= 11 is 0. The average Bonchev–Trinajstić information content (AvgIpc) is 2.39. The number of ether oxygens (including phenoxy) is 1. The van der Waals surface area contributed by atoms with Gasteiger partial charge in [0.05, 0.1) is 17.6 Å². The Morgan fingerprint density at radius 2 is 2.14 bits per heavy atom. The maximum Gasteiger partial charge on any atom is 0.317 e. The highest BCUT2D eigenvalue weighted by Gasteiger charge is 2.17. The molecule has 0 bridgehead atoms. The lowest BCUT2D eigenvalue weighted by Crippen LogP contribution is -2.30. The van der Waals surface area contributed by atoms with Crippen LogP contribution in [0.25, 0.3) is 0 Å². The van der Waals surface area contributed by atoms with Gasteiger partial charge in [-0.1, -0.05) is 6.92 Å². The molecule has 0 saturated carbocycles. The molecule has 0 amide bonds. The van der Waals surface area contributed by atoms with Crippen LogP contribution in [0.4, 0.5) is 5.69 Å². The van der Waals surface area contributed by atoms with Gasteiger partial charge >= 0.3 is 5.97 Å². The van der Waals surface area contributed by atoms with Crippen molar-refractivity contribution in [2.75, 3.05) is 13.1 Å². The number of nitro benzene ring substituents is 1. The van der Waals surface area contributed by atoms with Crippen LogP contribution in [0.5, 0.6) is 5.75 Å². The van der Waals surface area contributed by atoms with E-state index in [2.05, 4.69) is 0 Å². The van der Waals surface area contributed by atoms with Crippen LogP contribution in [0.2, 0.25) is 0 Å². The molecule has 0 fully saturated rings. The molecular formula is C15H22N2O5. The molecule has 0 saturated heterocycles. The predicted molar refractivity (Wildman–Crippen MR) is 82.1 cm³/mol. The van der Waals surface area contributed by atoms with E-state index in [4.69, 9.17) is 9.84 Å². The first-order valence-corrected chi connectivity index (χ1v) is 7.21. The van der Waals surface area contributed by atoms with E-state index in [9.17, 15) is 14.9 Å².